The molecule has 0 aliphatic heterocycles. The molecule has 0 radical (unpaired) electrons. The van der Waals surface area contributed by atoms with Gasteiger partial charge < -0.3 is 14.6 Å². The molecule has 4 heteroatoms. The molecule has 0 saturated heterocycles. The monoisotopic (exact) mass is 183 g/mol. The summed E-state index contributed by atoms with van der Waals surface area (Å²) in [6.45, 7) is 1.86. The average molecular weight is 183 g/mol. The van der Waals surface area contributed by atoms with Crippen LogP contribution in [0, 0.1) is 0 Å². The van der Waals surface area contributed by atoms with E-state index in [1.807, 2.05) is 0 Å². The van der Waals surface area contributed by atoms with E-state index in [9.17, 15) is 0 Å². The topological polar surface area (TPSA) is 51.6 Å². The van der Waals surface area contributed by atoms with Gasteiger partial charge in [-0.3, -0.25) is 0 Å². The Bertz CT molecular complexity index is 263. The number of hydrogen-bond acceptors (Lipinski definition) is 4. The van der Waals surface area contributed by atoms with Crippen LogP contribution in [0.15, 0.2) is 18.3 Å². The molecule has 13 heavy (non-hydrogen) atoms. The van der Waals surface area contributed by atoms with Crippen LogP contribution >= 0.6 is 0 Å². The van der Waals surface area contributed by atoms with Gasteiger partial charge in [-0.1, -0.05) is 0 Å². The maximum atomic E-state index is 8.98. The second kappa shape index (κ2) is 4.67. The number of pyridine rings is 1. The number of methoxy groups -OCH3 is 1. The minimum absolute atomic E-state index is 0.216. The predicted molar refractivity (Wildman–Crippen MR) is 48.0 cm³/mol. The molecule has 0 fully saturated rings. The second-order valence-corrected chi connectivity index (χ2v) is 2.67. The molecule has 1 heterocycles. The summed E-state index contributed by atoms with van der Waals surface area (Å²) in [5.41, 5.74) is 0. The van der Waals surface area contributed by atoms with Crippen molar-refractivity contribution in [1.29, 1.82) is 0 Å². The third-order valence-corrected chi connectivity index (χ3v) is 1.42. The minimum Gasteiger partial charge on any atom is -0.491 e. The zero-order chi connectivity index (χ0) is 9.68. The lowest BCUT2D eigenvalue weighted by molar-refractivity contribution is 0.117. The highest BCUT2D eigenvalue weighted by molar-refractivity contribution is 5.32. The number of aliphatic hydroxyl groups excluding tert-OH is 1. The number of hydrogen-bond donors (Lipinski definition) is 1. The molecule has 72 valence electrons. The fraction of sp³-hybridized carbons (Fsp3) is 0.444. The van der Waals surface area contributed by atoms with Crippen molar-refractivity contribution >= 4 is 0 Å². The lowest BCUT2D eigenvalue weighted by atomic mass is 10.4. The van der Waals surface area contributed by atoms with E-state index >= 15 is 0 Å². The van der Waals surface area contributed by atoms with E-state index in [0.29, 0.717) is 11.6 Å². The fourth-order valence-corrected chi connectivity index (χ4v) is 0.839. The van der Waals surface area contributed by atoms with Gasteiger partial charge in [-0.15, -0.1) is 0 Å². The number of nitrogens with zero attached hydrogens (tertiary/aromatic N) is 1. The Balaban J connectivity index is 2.64. The van der Waals surface area contributed by atoms with E-state index in [1.54, 1.807) is 32.4 Å². The van der Waals surface area contributed by atoms with E-state index in [2.05, 4.69) is 4.98 Å². The summed E-state index contributed by atoms with van der Waals surface area (Å²) >= 11 is 0. The van der Waals surface area contributed by atoms with Crippen LogP contribution in [0.2, 0.25) is 0 Å². The zero-order valence-corrected chi connectivity index (χ0v) is 7.73. The van der Waals surface area contributed by atoms with E-state index in [0.717, 1.165) is 0 Å². The first-order valence-electron chi connectivity index (χ1n) is 4.04. The Morgan fingerprint density at radius 2 is 2.38 bits per heavy atom. The molecule has 0 aliphatic rings. The smallest absolute Gasteiger partial charge is 0.257 e. The summed E-state index contributed by atoms with van der Waals surface area (Å²) in [5, 5.41) is 8.98. The number of aliphatic hydroxyl groups is 1. The van der Waals surface area contributed by atoms with Gasteiger partial charge in [-0.25, -0.2) is 4.98 Å². The van der Waals surface area contributed by atoms with Crippen molar-refractivity contribution in [2.45, 2.75) is 13.0 Å². The summed E-state index contributed by atoms with van der Waals surface area (Å²) in [4.78, 5) is 3.96. The van der Waals surface area contributed by atoms with E-state index in [-0.39, 0.29) is 6.61 Å². The van der Waals surface area contributed by atoms with Gasteiger partial charge in [0.15, 0.2) is 5.75 Å². The van der Waals surface area contributed by atoms with E-state index < -0.39 is 6.10 Å². The van der Waals surface area contributed by atoms with Crippen LogP contribution in [0.4, 0.5) is 0 Å². The van der Waals surface area contributed by atoms with Crippen molar-refractivity contribution in [1.82, 2.24) is 4.98 Å². The highest BCUT2D eigenvalue weighted by Crippen LogP contribution is 2.22. The first-order chi connectivity index (χ1) is 6.24. The van der Waals surface area contributed by atoms with Crippen LogP contribution in [-0.2, 0) is 0 Å². The lowest BCUT2D eigenvalue weighted by Gasteiger charge is -2.09. The van der Waals surface area contributed by atoms with Crippen LogP contribution in [0.1, 0.15) is 6.92 Å². The predicted octanol–water partition coefficient (Wildman–Crippen LogP) is 0.850. The molecular weight excluding hydrogens is 170 g/mol. The number of aromatic nitrogens is 1. The Morgan fingerprint density at radius 3 is 3.00 bits per heavy atom. The molecule has 1 unspecified atom stereocenters. The lowest BCUT2D eigenvalue weighted by Crippen LogP contribution is -2.13. The molecule has 1 aromatic heterocycles. The molecule has 1 aromatic rings. The van der Waals surface area contributed by atoms with Gasteiger partial charge in [0.25, 0.3) is 5.88 Å². The summed E-state index contributed by atoms with van der Waals surface area (Å²) < 4.78 is 10.2. The number of rotatable bonds is 4. The van der Waals surface area contributed by atoms with Crippen LogP contribution in [-0.4, -0.2) is 29.9 Å². The van der Waals surface area contributed by atoms with Gasteiger partial charge in [-0.05, 0) is 19.1 Å². The zero-order valence-electron chi connectivity index (χ0n) is 7.73. The Labute approximate surface area is 77.1 Å². The van der Waals surface area contributed by atoms with Gasteiger partial charge in [0.1, 0.15) is 6.61 Å². The maximum Gasteiger partial charge on any atom is 0.257 e. The Hall–Kier alpha value is -1.29. The average Bonchev–Trinajstić information content (AvgIpc) is 2.15. The van der Waals surface area contributed by atoms with Crippen LogP contribution < -0.4 is 9.47 Å². The van der Waals surface area contributed by atoms with Crippen molar-refractivity contribution < 1.29 is 14.6 Å². The van der Waals surface area contributed by atoms with Crippen molar-refractivity contribution in [3.05, 3.63) is 18.3 Å². The molecule has 1 atom stereocenters. The number of ether oxygens (including phenoxy) is 2. The van der Waals surface area contributed by atoms with Gasteiger partial charge in [0, 0.05) is 6.20 Å². The van der Waals surface area contributed by atoms with Crippen LogP contribution in [0.25, 0.3) is 0 Å². The minimum atomic E-state index is -0.508. The Morgan fingerprint density at radius 1 is 1.62 bits per heavy atom. The highest BCUT2D eigenvalue weighted by Gasteiger charge is 2.05. The molecule has 0 spiro atoms. The van der Waals surface area contributed by atoms with Crippen molar-refractivity contribution in [3.8, 4) is 11.6 Å². The second-order valence-electron chi connectivity index (χ2n) is 2.67. The standard InChI is InChI=1S/C9H13NO3/c1-7(11)6-13-9-8(12-2)4-3-5-10-9/h3-5,7,11H,6H2,1-2H3. The summed E-state index contributed by atoms with van der Waals surface area (Å²) in [6, 6.07) is 3.51. The van der Waals surface area contributed by atoms with E-state index in [4.69, 9.17) is 14.6 Å². The maximum absolute atomic E-state index is 8.98. The summed E-state index contributed by atoms with van der Waals surface area (Å²) in [6.07, 6.45) is 1.10. The van der Waals surface area contributed by atoms with Crippen molar-refractivity contribution in [2.75, 3.05) is 13.7 Å². The Kier molecular flexibility index (Phi) is 3.52. The van der Waals surface area contributed by atoms with Gasteiger partial charge in [0.05, 0.1) is 13.2 Å². The molecule has 0 aliphatic carbocycles. The molecular formula is C9H13NO3. The first-order valence-corrected chi connectivity index (χ1v) is 4.04. The molecule has 0 bridgehead atoms. The molecule has 0 saturated carbocycles. The molecule has 1 rings (SSSR count). The largest absolute Gasteiger partial charge is 0.491 e. The third kappa shape index (κ3) is 2.91. The SMILES string of the molecule is COc1cccnc1OCC(C)O. The van der Waals surface area contributed by atoms with Crippen LogP contribution in [0.3, 0.4) is 0 Å². The van der Waals surface area contributed by atoms with E-state index in [1.165, 1.54) is 0 Å². The molecule has 1 N–H and O–H groups in total. The summed E-state index contributed by atoms with van der Waals surface area (Å²) in [5.74, 6) is 0.981. The molecule has 0 amide bonds. The normalized spacial score (nSPS) is 12.2. The highest BCUT2D eigenvalue weighted by atomic mass is 16.5. The molecule has 4 nitrogen and oxygen atoms in total. The van der Waals surface area contributed by atoms with Crippen molar-refractivity contribution in [3.63, 3.8) is 0 Å². The van der Waals surface area contributed by atoms with Crippen LogP contribution in [0.5, 0.6) is 11.6 Å². The third-order valence-electron chi connectivity index (χ3n) is 1.42. The molecule has 0 aromatic carbocycles. The first kappa shape index (κ1) is 9.80. The fourth-order valence-electron chi connectivity index (χ4n) is 0.839. The van der Waals surface area contributed by atoms with Gasteiger partial charge in [0.2, 0.25) is 0 Å². The van der Waals surface area contributed by atoms with Gasteiger partial charge in [-0.2, -0.15) is 0 Å². The van der Waals surface area contributed by atoms with Gasteiger partial charge >= 0.3 is 0 Å². The van der Waals surface area contributed by atoms with Crippen molar-refractivity contribution in [2.24, 2.45) is 0 Å². The summed E-state index contributed by atoms with van der Waals surface area (Å²) in [7, 11) is 1.55. The quantitative estimate of drug-likeness (QED) is 0.751.